The van der Waals surface area contributed by atoms with Crippen molar-refractivity contribution < 1.29 is 0 Å². The molecule has 0 radical (unpaired) electrons. The van der Waals surface area contributed by atoms with Crippen molar-refractivity contribution in [2.24, 2.45) is 5.92 Å². The molecule has 0 spiro atoms. The topological polar surface area (TPSA) is 25.8 Å². The van der Waals surface area contributed by atoms with Crippen molar-refractivity contribution >= 4 is 11.6 Å². The first-order chi connectivity index (χ1) is 6.50. The molecule has 0 saturated heterocycles. The van der Waals surface area contributed by atoms with Crippen LogP contribution in [-0.4, -0.2) is 9.97 Å². The Morgan fingerprint density at radius 2 is 2.00 bits per heavy atom. The third-order valence-corrected chi connectivity index (χ3v) is 2.32. The van der Waals surface area contributed by atoms with Crippen LogP contribution in [0.4, 0.5) is 0 Å². The van der Waals surface area contributed by atoms with Gasteiger partial charge in [0.25, 0.3) is 0 Å². The van der Waals surface area contributed by atoms with Crippen LogP contribution < -0.4 is 0 Å². The summed E-state index contributed by atoms with van der Waals surface area (Å²) in [7, 11) is 0. The molecule has 1 rings (SSSR count). The Morgan fingerprint density at radius 1 is 1.36 bits per heavy atom. The fourth-order valence-electron chi connectivity index (χ4n) is 1.38. The summed E-state index contributed by atoms with van der Waals surface area (Å²) in [6.45, 7) is 8.25. The molecule has 1 atom stereocenters. The molecule has 0 aliphatic heterocycles. The predicted molar refractivity (Wildman–Crippen MR) is 59.6 cm³/mol. The quantitative estimate of drug-likeness (QED) is 0.719. The third-order valence-electron chi connectivity index (χ3n) is 2.09. The standard InChI is InChI=1S/C11H17ClN2/c1-7(2)5-11-13-6-10(8(3)12)9(4)14-11/h6-8H,5H2,1-4H3. The van der Waals surface area contributed by atoms with Gasteiger partial charge in [-0.25, -0.2) is 9.97 Å². The average molecular weight is 213 g/mol. The second-order valence-electron chi connectivity index (χ2n) is 4.04. The van der Waals surface area contributed by atoms with Crippen molar-refractivity contribution in [3.63, 3.8) is 0 Å². The molecule has 78 valence electrons. The number of alkyl halides is 1. The molecule has 0 amide bonds. The summed E-state index contributed by atoms with van der Waals surface area (Å²) in [4.78, 5) is 8.74. The molecule has 0 aliphatic carbocycles. The van der Waals surface area contributed by atoms with Gasteiger partial charge in [-0.15, -0.1) is 11.6 Å². The Labute approximate surface area is 90.7 Å². The van der Waals surface area contributed by atoms with Gasteiger partial charge < -0.3 is 0 Å². The number of aryl methyl sites for hydroxylation is 1. The number of hydrogen-bond acceptors (Lipinski definition) is 2. The van der Waals surface area contributed by atoms with Gasteiger partial charge in [-0.3, -0.25) is 0 Å². The zero-order valence-corrected chi connectivity index (χ0v) is 9.97. The van der Waals surface area contributed by atoms with E-state index in [0.717, 1.165) is 23.5 Å². The van der Waals surface area contributed by atoms with Crippen LogP contribution in [0.5, 0.6) is 0 Å². The summed E-state index contributed by atoms with van der Waals surface area (Å²) in [5.41, 5.74) is 2.03. The summed E-state index contributed by atoms with van der Waals surface area (Å²) in [5.74, 6) is 1.51. The number of rotatable bonds is 3. The lowest BCUT2D eigenvalue weighted by Crippen LogP contribution is -2.04. The highest BCUT2D eigenvalue weighted by Gasteiger charge is 2.08. The normalized spacial score (nSPS) is 13.3. The van der Waals surface area contributed by atoms with Crippen molar-refractivity contribution in [3.05, 3.63) is 23.3 Å². The molecule has 1 aromatic heterocycles. The number of nitrogens with zero attached hydrogens (tertiary/aromatic N) is 2. The number of hydrogen-bond donors (Lipinski definition) is 0. The lowest BCUT2D eigenvalue weighted by molar-refractivity contribution is 0.617. The van der Waals surface area contributed by atoms with Gasteiger partial charge in [0.2, 0.25) is 0 Å². The first-order valence-corrected chi connectivity index (χ1v) is 5.40. The molecule has 0 aromatic carbocycles. The second-order valence-corrected chi connectivity index (χ2v) is 4.70. The first-order valence-electron chi connectivity index (χ1n) is 4.97. The molecule has 0 N–H and O–H groups in total. The summed E-state index contributed by atoms with van der Waals surface area (Å²) in [5, 5.41) is -0.0110. The lowest BCUT2D eigenvalue weighted by atomic mass is 10.1. The van der Waals surface area contributed by atoms with E-state index in [-0.39, 0.29) is 5.38 Å². The van der Waals surface area contributed by atoms with Crippen molar-refractivity contribution in [2.75, 3.05) is 0 Å². The molecule has 14 heavy (non-hydrogen) atoms. The Bertz CT molecular complexity index is 308. The second kappa shape index (κ2) is 4.74. The Kier molecular flexibility index (Phi) is 3.87. The maximum absolute atomic E-state index is 5.99. The maximum atomic E-state index is 5.99. The van der Waals surface area contributed by atoms with Crippen LogP contribution in [0.2, 0.25) is 0 Å². The first kappa shape index (κ1) is 11.4. The van der Waals surface area contributed by atoms with Gasteiger partial charge >= 0.3 is 0 Å². The summed E-state index contributed by atoms with van der Waals surface area (Å²) >= 11 is 5.99. The molecule has 3 heteroatoms. The van der Waals surface area contributed by atoms with Crippen LogP contribution in [0.1, 0.15) is 43.2 Å². The maximum Gasteiger partial charge on any atom is 0.128 e. The Hall–Kier alpha value is -0.630. The summed E-state index contributed by atoms with van der Waals surface area (Å²) in [6.07, 6.45) is 2.77. The monoisotopic (exact) mass is 212 g/mol. The van der Waals surface area contributed by atoms with Gasteiger partial charge in [0.1, 0.15) is 5.82 Å². The zero-order valence-electron chi connectivity index (χ0n) is 9.21. The fraction of sp³-hybridized carbons (Fsp3) is 0.636. The van der Waals surface area contributed by atoms with E-state index in [4.69, 9.17) is 11.6 Å². The van der Waals surface area contributed by atoms with Crippen molar-refractivity contribution in [1.29, 1.82) is 0 Å². The van der Waals surface area contributed by atoms with Crippen LogP contribution in [0.3, 0.4) is 0 Å². The lowest BCUT2D eigenvalue weighted by Gasteiger charge is -2.09. The van der Waals surface area contributed by atoms with E-state index in [0.29, 0.717) is 5.92 Å². The van der Waals surface area contributed by atoms with Crippen LogP contribution in [0.15, 0.2) is 6.20 Å². The molecule has 1 aromatic rings. The molecule has 2 nitrogen and oxygen atoms in total. The highest BCUT2D eigenvalue weighted by atomic mass is 35.5. The molecule has 1 heterocycles. The van der Waals surface area contributed by atoms with E-state index >= 15 is 0 Å². The van der Waals surface area contributed by atoms with Crippen LogP contribution >= 0.6 is 11.6 Å². The summed E-state index contributed by atoms with van der Waals surface area (Å²) in [6, 6.07) is 0. The molecular formula is C11H17ClN2. The van der Waals surface area contributed by atoms with E-state index in [1.54, 1.807) is 0 Å². The highest BCUT2D eigenvalue weighted by Crippen LogP contribution is 2.21. The smallest absolute Gasteiger partial charge is 0.128 e. The SMILES string of the molecule is Cc1nc(CC(C)C)ncc1C(C)Cl. The van der Waals surface area contributed by atoms with Gasteiger partial charge in [0.05, 0.1) is 5.38 Å². The van der Waals surface area contributed by atoms with Gasteiger partial charge in [-0.1, -0.05) is 13.8 Å². The van der Waals surface area contributed by atoms with E-state index in [1.807, 2.05) is 20.0 Å². The third kappa shape index (κ3) is 2.95. The fourth-order valence-corrected chi connectivity index (χ4v) is 1.59. The molecule has 0 saturated carbocycles. The molecule has 0 fully saturated rings. The van der Waals surface area contributed by atoms with Gasteiger partial charge in [0, 0.05) is 23.9 Å². The minimum Gasteiger partial charge on any atom is -0.241 e. The Balaban J connectivity index is 2.89. The number of halogens is 1. The van der Waals surface area contributed by atoms with Crippen molar-refractivity contribution in [2.45, 2.75) is 39.5 Å². The van der Waals surface area contributed by atoms with Gasteiger partial charge in [0.15, 0.2) is 0 Å². The van der Waals surface area contributed by atoms with Crippen LogP contribution in [0.25, 0.3) is 0 Å². The molecule has 0 bridgehead atoms. The largest absolute Gasteiger partial charge is 0.241 e. The van der Waals surface area contributed by atoms with Gasteiger partial charge in [-0.2, -0.15) is 0 Å². The predicted octanol–water partition coefficient (Wildman–Crippen LogP) is 3.28. The van der Waals surface area contributed by atoms with Crippen LogP contribution in [0, 0.1) is 12.8 Å². The summed E-state index contributed by atoms with van der Waals surface area (Å²) < 4.78 is 0. The number of aromatic nitrogens is 2. The van der Waals surface area contributed by atoms with Crippen molar-refractivity contribution in [3.8, 4) is 0 Å². The van der Waals surface area contributed by atoms with E-state index < -0.39 is 0 Å². The molecular weight excluding hydrogens is 196 g/mol. The van der Waals surface area contributed by atoms with E-state index in [1.165, 1.54) is 0 Å². The minimum atomic E-state index is -0.0110. The average Bonchev–Trinajstić information content (AvgIpc) is 2.01. The van der Waals surface area contributed by atoms with Crippen molar-refractivity contribution in [1.82, 2.24) is 9.97 Å². The van der Waals surface area contributed by atoms with E-state index in [2.05, 4.69) is 23.8 Å². The highest BCUT2D eigenvalue weighted by molar-refractivity contribution is 6.20. The Morgan fingerprint density at radius 3 is 2.43 bits per heavy atom. The minimum absolute atomic E-state index is 0.0110. The van der Waals surface area contributed by atoms with E-state index in [9.17, 15) is 0 Å². The van der Waals surface area contributed by atoms with Gasteiger partial charge in [-0.05, 0) is 19.8 Å². The zero-order chi connectivity index (χ0) is 10.7. The molecule has 0 aliphatic rings. The molecule has 1 unspecified atom stereocenters. The van der Waals surface area contributed by atoms with Crippen LogP contribution in [-0.2, 0) is 6.42 Å².